The maximum atomic E-state index is 12.7. The van der Waals surface area contributed by atoms with Gasteiger partial charge >= 0.3 is 0 Å². The average Bonchev–Trinajstić information content (AvgIpc) is 3.14. The minimum atomic E-state index is -0.105. The summed E-state index contributed by atoms with van der Waals surface area (Å²) in [5.41, 5.74) is 0.516. The molecule has 0 bridgehead atoms. The van der Waals surface area contributed by atoms with Gasteiger partial charge in [0, 0.05) is 37.2 Å². The molecule has 1 N–H and O–H groups in total. The third kappa shape index (κ3) is 3.87. The van der Waals surface area contributed by atoms with Crippen LogP contribution in [0.3, 0.4) is 0 Å². The van der Waals surface area contributed by atoms with E-state index in [0.717, 1.165) is 32.2 Å². The Kier molecular flexibility index (Phi) is 5.46. The Balaban J connectivity index is 1.44. The van der Waals surface area contributed by atoms with Crippen LogP contribution in [0.15, 0.2) is 24.4 Å². The van der Waals surface area contributed by atoms with E-state index in [9.17, 15) is 9.59 Å². The zero-order valence-electron chi connectivity index (χ0n) is 16.2. The van der Waals surface area contributed by atoms with Crippen molar-refractivity contribution in [2.24, 2.45) is 11.3 Å². The molecule has 2 atom stereocenters. The van der Waals surface area contributed by atoms with Crippen molar-refractivity contribution in [1.82, 2.24) is 15.2 Å². The van der Waals surface area contributed by atoms with E-state index in [2.05, 4.69) is 15.2 Å². The number of amides is 2. The summed E-state index contributed by atoms with van der Waals surface area (Å²) in [7, 11) is 0. The van der Waals surface area contributed by atoms with E-state index < -0.39 is 0 Å². The van der Waals surface area contributed by atoms with Gasteiger partial charge in [0.1, 0.15) is 5.69 Å². The van der Waals surface area contributed by atoms with Gasteiger partial charge in [-0.05, 0) is 50.2 Å². The standard InChI is InChI=1S/C22H31N3O2/c26-20-11-13-22(16-24-21(27)18-9-4-5-14-23-18)12-6-10-19(22)25(20)15-17-7-2-1-3-8-17/h4-5,9,14,17,19H,1-3,6-8,10-13,15-16H2,(H,24,27)/t19-,22+/m1/s1. The first-order valence-corrected chi connectivity index (χ1v) is 10.7. The zero-order valence-corrected chi connectivity index (χ0v) is 16.2. The summed E-state index contributed by atoms with van der Waals surface area (Å²) in [6.45, 7) is 1.58. The Morgan fingerprint density at radius 2 is 2.00 bits per heavy atom. The molecule has 146 valence electrons. The minimum absolute atomic E-state index is 0.0486. The van der Waals surface area contributed by atoms with Crippen LogP contribution in [0, 0.1) is 11.3 Å². The molecule has 1 aliphatic heterocycles. The summed E-state index contributed by atoms with van der Waals surface area (Å²) in [5, 5.41) is 3.13. The number of hydrogen-bond acceptors (Lipinski definition) is 3. The highest BCUT2D eigenvalue weighted by Crippen LogP contribution is 2.48. The Morgan fingerprint density at radius 1 is 1.15 bits per heavy atom. The summed E-state index contributed by atoms with van der Waals surface area (Å²) >= 11 is 0. The van der Waals surface area contributed by atoms with E-state index in [1.807, 2.05) is 12.1 Å². The minimum Gasteiger partial charge on any atom is -0.350 e. The van der Waals surface area contributed by atoms with Gasteiger partial charge in [0.15, 0.2) is 0 Å². The van der Waals surface area contributed by atoms with Gasteiger partial charge in [-0.2, -0.15) is 0 Å². The largest absolute Gasteiger partial charge is 0.350 e. The Labute approximate surface area is 161 Å². The number of piperidine rings is 1. The Morgan fingerprint density at radius 3 is 2.78 bits per heavy atom. The molecule has 1 aromatic heterocycles. The third-order valence-corrected chi connectivity index (χ3v) is 7.07. The van der Waals surface area contributed by atoms with E-state index in [-0.39, 0.29) is 11.3 Å². The van der Waals surface area contributed by atoms with Gasteiger partial charge in [-0.1, -0.05) is 31.7 Å². The number of rotatable bonds is 5. The summed E-state index contributed by atoms with van der Waals surface area (Å²) in [6.07, 6.45) is 13.0. The number of fused-ring (bicyclic) bond motifs is 1. The van der Waals surface area contributed by atoms with E-state index in [1.54, 1.807) is 12.3 Å². The highest BCUT2D eigenvalue weighted by atomic mass is 16.2. The van der Waals surface area contributed by atoms with Gasteiger partial charge < -0.3 is 10.2 Å². The quantitative estimate of drug-likeness (QED) is 0.863. The summed E-state index contributed by atoms with van der Waals surface area (Å²) in [6, 6.07) is 5.70. The number of hydrogen-bond donors (Lipinski definition) is 1. The van der Waals surface area contributed by atoms with E-state index in [4.69, 9.17) is 0 Å². The maximum Gasteiger partial charge on any atom is 0.269 e. The average molecular weight is 370 g/mol. The van der Waals surface area contributed by atoms with Crippen molar-refractivity contribution in [3.63, 3.8) is 0 Å². The number of pyridine rings is 1. The van der Waals surface area contributed by atoms with E-state index in [0.29, 0.717) is 36.5 Å². The second-order valence-corrected chi connectivity index (χ2v) is 8.72. The summed E-state index contributed by atoms with van der Waals surface area (Å²) in [4.78, 5) is 31.6. The van der Waals surface area contributed by atoms with Gasteiger partial charge in [-0.15, -0.1) is 0 Å². The molecule has 4 rings (SSSR count). The maximum absolute atomic E-state index is 12.7. The van der Waals surface area contributed by atoms with Crippen molar-refractivity contribution in [3.8, 4) is 0 Å². The number of likely N-dealkylation sites (tertiary alicyclic amines) is 1. The van der Waals surface area contributed by atoms with Crippen LogP contribution in [0.2, 0.25) is 0 Å². The lowest BCUT2D eigenvalue weighted by atomic mass is 9.74. The molecule has 27 heavy (non-hydrogen) atoms. The lowest BCUT2D eigenvalue weighted by molar-refractivity contribution is -0.142. The molecular formula is C22H31N3O2. The Hall–Kier alpha value is -1.91. The lowest BCUT2D eigenvalue weighted by Gasteiger charge is -2.47. The molecule has 0 unspecified atom stereocenters. The van der Waals surface area contributed by atoms with Crippen molar-refractivity contribution in [2.75, 3.05) is 13.1 Å². The second kappa shape index (κ2) is 7.99. The predicted molar refractivity (Wildman–Crippen MR) is 104 cm³/mol. The predicted octanol–water partition coefficient (Wildman–Crippen LogP) is 3.55. The first-order chi connectivity index (χ1) is 13.2. The molecular weight excluding hydrogens is 338 g/mol. The number of aromatic nitrogens is 1. The van der Waals surface area contributed by atoms with Crippen LogP contribution < -0.4 is 5.32 Å². The van der Waals surface area contributed by atoms with E-state index in [1.165, 1.54) is 32.1 Å². The summed E-state index contributed by atoms with van der Waals surface area (Å²) in [5.74, 6) is 0.896. The van der Waals surface area contributed by atoms with Gasteiger partial charge in [0.25, 0.3) is 5.91 Å². The van der Waals surface area contributed by atoms with Gasteiger partial charge in [0.2, 0.25) is 5.91 Å². The van der Waals surface area contributed by atoms with Crippen LogP contribution in [0.1, 0.15) is 74.7 Å². The first kappa shape index (κ1) is 18.5. The fourth-order valence-electron chi connectivity index (χ4n) is 5.59. The lowest BCUT2D eigenvalue weighted by Crippen LogP contribution is -2.57. The molecule has 0 radical (unpaired) electrons. The fraction of sp³-hybridized carbons (Fsp3) is 0.682. The zero-order chi connectivity index (χ0) is 18.7. The van der Waals surface area contributed by atoms with E-state index >= 15 is 0 Å². The molecule has 2 saturated carbocycles. The Bertz CT molecular complexity index is 671. The molecule has 5 nitrogen and oxygen atoms in total. The fourth-order valence-corrected chi connectivity index (χ4v) is 5.59. The molecule has 3 aliphatic rings. The highest BCUT2D eigenvalue weighted by molar-refractivity contribution is 5.92. The van der Waals surface area contributed by atoms with Crippen molar-refractivity contribution < 1.29 is 9.59 Å². The topological polar surface area (TPSA) is 62.3 Å². The molecule has 2 amide bonds. The number of carbonyl (C=O) groups is 2. The first-order valence-electron chi connectivity index (χ1n) is 10.7. The molecule has 3 fully saturated rings. The molecule has 0 spiro atoms. The van der Waals surface area contributed by atoms with Crippen molar-refractivity contribution in [3.05, 3.63) is 30.1 Å². The molecule has 5 heteroatoms. The highest BCUT2D eigenvalue weighted by Gasteiger charge is 2.50. The van der Waals surface area contributed by atoms with Crippen LogP contribution in [0.25, 0.3) is 0 Å². The molecule has 1 aromatic rings. The molecule has 0 aromatic carbocycles. The number of nitrogens with one attached hydrogen (secondary N) is 1. The SMILES string of the molecule is O=C(NC[C@@]12CCC[C@H]1N(CC1CCCCC1)C(=O)CC2)c1ccccn1. The normalized spacial score (nSPS) is 28.8. The third-order valence-electron chi connectivity index (χ3n) is 7.07. The van der Waals surface area contributed by atoms with Crippen molar-refractivity contribution in [1.29, 1.82) is 0 Å². The molecule has 2 heterocycles. The van der Waals surface area contributed by atoms with Crippen LogP contribution in [0.5, 0.6) is 0 Å². The monoisotopic (exact) mass is 369 g/mol. The number of nitrogens with zero attached hydrogens (tertiary/aromatic N) is 2. The van der Waals surface area contributed by atoms with Crippen molar-refractivity contribution >= 4 is 11.8 Å². The van der Waals surface area contributed by atoms with Gasteiger partial charge in [0.05, 0.1) is 0 Å². The summed E-state index contributed by atoms with van der Waals surface area (Å²) < 4.78 is 0. The van der Waals surface area contributed by atoms with Gasteiger partial charge in [-0.25, -0.2) is 0 Å². The molecule has 2 aliphatic carbocycles. The van der Waals surface area contributed by atoms with Gasteiger partial charge in [-0.3, -0.25) is 14.6 Å². The van der Waals surface area contributed by atoms with Crippen LogP contribution in [0.4, 0.5) is 0 Å². The van der Waals surface area contributed by atoms with Crippen LogP contribution in [-0.4, -0.2) is 40.8 Å². The van der Waals surface area contributed by atoms with Crippen molar-refractivity contribution in [2.45, 2.75) is 70.3 Å². The smallest absolute Gasteiger partial charge is 0.269 e. The molecule has 1 saturated heterocycles. The second-order valence-electron chi connectivity index (χ2n) is 8.72. The number of carbonyl (C=O) groups excluding carboxylic acids is 2. The van der Waals surface area contributed by atoms with Crippen LogP contribution >= 0.6 is 0 Å². The van der Waals surface area contributed by atoms with Crippen LogP contribution in [-0.2, 0) is 4.79 Å².